The fourth-order valence-electron chi connectivity index (χ4n) is 5.27. The largest absolute Gasteiger partial charge is 0.421 e. The quantitative estimate of drug-likeness (QED) is 0.186. The molecule has 8 nitrogen and oxygen atoms in total. The molecule has 0 saturated carbocycles. The summed E-state index contributed by atoms with van der Waals surface area (Å²) in [5, 5.41) is 5.76. The van der Waals surface area contributed by atoms with Crippen LogP contribution < -0.4 is 10.6 Å². The maximum Gasteiger partial charge on any atom is 0.421 e. The van der Waals surface area contributed by atoms with Crippen molar-refractivity contribution in [3.8, 4) is 0 Å². The normalized spacial score (nSPS) is 14.6. The van der Waals surface area contributed by atoms with E-state index >= 15 is 0 Å². The monoisotopic (exact) mass is 617 g/mol. The predicted molar refractivity (Wildman–Crippen MR) is 164 cm³/mol. The molecule has 2 heterocycles. The van der Waals surface area contributed by atoms with E-state index in [1.165, 1.54) is 0 Å². The van der Waals surface area contributed by atoms with Gasteiger partial charge in [0.2, 0.25) is 5.95 Å². The summed E-state index contributed by atoms with van der Waals surface area (Å²) < 4.78 is 59.2. The van der Waals surface area contributed by atoms with Gasteiger partial charge in [0.1, 0.15) is 11.4 Å². The molecule has 1 unspecified atom stereocenters. The molecule has 232 valence electrons. The van der Waals surface area contributed by atoms with Gasteiger partial charge in [-0.2, -0.15) is 18.2 Å². The van der Waals surface area contributed by atoms with Crippen LogP contribution in [0, 0.1) is 5.92 Å². The first-order valence-electron chi connectivity index (χ1n) is 14.5. The first-order chi connectivity index (χ1) is 20.4. The van der Waals surface area contributed by atoms with Gasteiger partial charge in [-0.25, -0.2) is 4.98 Å². The number of amides is 1. The molecule has 0 bridgehead atoms. The van der Waals surface area contributed by atoms with Crippen molar-refractivity contribution in [1.82, 2.24) is 14.9 Å². The average Bonchev–Trinajstić information content (AvgIpc) is 3.24. The second-order valence-electron chi connectivity index (χ2n) is 11.2. The molecule has 0 spiro atoms. The summed E-state index contributed by atoms with van der Waals surface area (Å²) >= 11 is 0. The van der Waals surface area contributed by atoms with Gasteiger partial charge < -0.3 is 20.1 Å². The van der Waals surface area contributed by atoms with E-state index in [1.807, 2.05) is 6.07 Å². The van der Waals surface area contributed by atoms with Crippen LogP contribution in [0.25, 0.3) is 0 Å². The van der Waals surface area contributed by atoms with Crippen molar-refractivity contribution < 1.29 is 27.1 Å². The summed E-state index contributed by atoms with van der Waals surface area (Å²) in [6.45, 7) is 9.01. The van der Waals surface area contributed by atoms with Crippen molar-refractivity contribution in [2.45, 2.75) is 71.8 Å². The molecular weight excluding hydrogens is 578 g/mol. The molecule has 2 N–H and O–H groups in total. The summed E-state index contributed by atoms with van der Waals surface area (Å²) in [5.41, 5.74) is 2.87. The minimum atomic E-state index is -4.73. The number of hydrogen-bond acceptors (Lipinski definition) is 7. The van der Waals surface area contributed by atoms with Crippen molar-refractivity contribution in [1.29, 1.82) is 0 Å². The van der Waals surface area contributed by atoms with Gasteiger partial charge in [-0.3, -0.25) is 9.36 Å². The Balaban J connectivity index is 1.65. The number of aromatic nitrogens is 2. The highest BCUT2D eigenvalue weighted by molar-refractivity contribution is 7.38. The van der Waals surface area contributed by atoms with E-state index in [0.717, 1.165) is 42.1 Å². The third kappa shape index (κ3) is 7.95. The van der Waals surface area contributed by atoms with Gasteiger partial charge >= 0.3 is 6.18 Å². The van der Waals surface area contributed by atoms with Crippen LogP contribution in [-0.2, 0) is 28.0 Å². The minimum Gasteiger partial charge on any atom is -0.339 e. The van der Waals surface area contributed by atoms with Crippen molar-refractivity contribution in [2.75, 3.05) is 24.3 Å². The molecule has 1 aliphatic heterocycles. The Morgan fingerprint density at radius 3 is 2.42 bits per heavy atom. The zero-order valence-corrected chi connectivity index (χ0v) is 26.1. The van der Waals surface area contributed by atoms with Crippen LogP contribution in [0.1, 0.15) is 85.5 Å². The minimum absolute atomic E-state index is 0.0532. The Labute approximate surface area is 251 Å². The molecule has 0 aliphatic carbocycles. The van der Waals surface area contributed by atoms with Gasteiger partial charge in [0.05, 0.1) is 17.9 Å². The number of hydrogen-bond donors (Lipinski definition) is 2. The SMILES string of the molecule is CCO[PH](=O)Cc1ccc(Nc2ncc(C(F)(F)F)c(Nc3ccc([C@H](CC)CCC(C)C)c4c3C(=O)N(C)C4)n2)cc1. The number of carbonyl (C=O) groups is 1. The smallest absolute Gasteiger partial charge is 0.339 e. The maximum atomic E-state index is 14.0. The van der Waals surface area contributed by atoms with Crippen molar-refractivity contribution >= 4 is 37.1 Å². The molecule has 1 aromatic heterocycles. The Hall–Kier alpha value is -3.43. The Morgan fingerprint density at radius 1 is 1.07 bits per heavy atom. The Morgan fingerprint density at radius 2 is 1.79 bits per heavy atom. The number of alkyl halides is 3. The highest BCUT2D eigenvalue weighted by Gasteiger charge is 2.37. The first-order valence-corrected chi connectivity index (χ1v) is 16.1. The van der Waals surface area contributed by atoms with Crippen LogP contribution in [0.2, 0.25) is 0 Å². The highest BCUT2D eigenvalue weighted by Crippen LogP contribution is 2.41. The Bertz CT molecular complexity index is 1460. The van der Waals surface area contributed by atoms with Gasteiger partial charge in [0.25, 0.3) is 5.91 Å². The number of fused-ring (bicyclic) bond motifs is 1. The van der Waals surface area contributed by atoms with E-state index in [1.54, 1.807) is 49.2 Å². The van der Waals surface area contributed by atoms with Crippen LogP contribution in [0.15, 0.2) is 42.6 Å². The van der Waals surface area contributed by atoms with E-state index in [9.17, 15) is 22.5 Å². The standard InChI is InChI=1S/C31H39F3N5O3P/c1-6-21(11-8-19(3)4)23-14-15-26(27-24(23)17-39(5)29(27)40)37-28-25(31(32,33)34)16-35-30(38-28)36-22-12-9-20(10-13-22)18-43(41)42-7-2/h9-10,12-16,19,21,43H,6-8,11,17-18H2,1-5H3,(H2,35,36,37,38)/t21-/m1/s1. The lowest BCUT2D eigenvalue weighted by Crippen LogP contribution is -2.18. The lowest BCUT2D eigenvalue weighted by atomic mass is 9.85. The van der Waals surface area contributed by atoms with Crippen molar-refractivity contribution in [3.05, 3.63) is 70.4 Å². The predicted octanol–water partition coefficient (Wildman–Crippen LogP) is 8.51. The highest BCUT2D eigenvalue weighted by atomic mass is 31.1. The van der Waals surface area contributed by atoms with Crippen molar-refractivity contribution in [3.63, 3.8) is 0 Å². The van der Waals surface area contributed by atoms with Gasteiger partial charge in [-0.15, -0.1) is 0 Å². The second-order valence-corrected chi connectivity index (χ2v) is 12.6. The fraction of sp³-hybridized carbons (Fsp3) is 0.452. The molecule has 2 atom stereocenters. The molecule has 1 aliphatic rings. The summed E-state index contributed by atoms with van der Waals surface area (Å²) in [6, 6.07) is 10.5. The van der Waals surface area contributed by atoms with Crippen LogP contribution >= 0.6 is 8.03 Å². The van der Waals surface area contributed by atoms with Crippen LogP contribution in [0.3, 0.4) is 0 Å². The van der Waals surface area contributed by atoms with E-state index in [0.29, 0.717) is 30.3 Å². The molecular formula is C31H39F3N5O3P. The fourth-order valence-corrected chi connectivity index (χ4v) is 6.26. The zero-order chi connectivity index (χ0) is 31.3. The molecule has 0 radical (unpaired) electrons. The molecule has 43 heavy (non-hydrogen) atoms. The summed E-state index contributed by atoms with van der Waals surface area (Å²) in [5.74, 6) is 0.0324. The number of carbonyl (C=O) groups excluding carboxylic acids is 1. The lowest BCUT2D eigenvalue weighted by Gasteiger charge is -2.21. The topological polar surface area (TPSA) is 96.4 Å². The van der Waals surface area contributed by atoms with Crippen LogP contribution in [-0.4, -0.2) is 34.4 Å². The zero-order valence-electron chi connectivity index (χ0n) is 25.1. The molecule has 1 amide bonds. The summed E-state index contributed by atoms with van der Waals surface area (Å²) in [4.78, 5) is 22.9. The third-order valence-corrected chi connectivity index (χ3v) is 8.85. The molecule has 4 rings (SSSR count). The van der Waals surface area contributed by atoms with Crippen LogP contribution in [0.5, 0.6) is 0 Å². The van der Waals surface area contributed by atoms with Crippen molar-refractivity contribution in [2.24, 2.45) is 5.92 Å². The maximum absolute atomic E-state index is 14.0. The molecule has 12 heteroatoms. The van der Waals surface area contributed by atoms with Gasteiger partial charge in [0, 0.05) is 31.6 Å². The average molecular weight is 618 g/mol. The second kappa shape index (κ2) is 13.9. The Kier molecular flexibility index (Phi) is 10.5. The van der Waals surface area contributed by atoms with Gasteiger partial charge in [-0.05, 0) is 66.5 Å². The van der Waals surface area contributed by atoms with E-state index in [4.69, 9.17) is 4.52 Å². The molecule has 2 aromatic carbocycles. The van der Waals surface area contributed by atoms with E-state index in [-0.39, 0.29) is 29.6 Å². The molecule has 0 fully saturated rings. The van der Waals surface area contributed by atoms with Gasteiger partial charge in [0.15, 0.2) is 8.03 Å². The van der Waals surface area contributed by atoms with Gasteiger partial charge in [-0.1, -0.05) is 45.4 Å². The first kappa shape index (κ1) is 32.5. The number of anilines is 4. The molecule has 3 aromatic rings. The number of nitrogens with zero attached hydrogens (tertiary/aromatic N) is 3. The number of benzene rings is 2. The van der Waals surface area contributed by atoms with Crippen LogP contribution in [0.4, 0.5) is 36.3 Å². The summed E-state index contributed by atoms with van der Waals surface area (Å²) in [6.07, 6.45) is -0.806. The number of nitrogens with one attached hydrogen (secondary N) is 2. The van der Waals surface area contributed by atoms with E-state index < -0.39 is 25.6 Å². The molecule has 0 saturated heterocycles. The summed E-state index contributed by atoms with van der Waals surface area (Å²) in [7, 11) is -0.487. The third-order valence-electron chi connectivity index (χ3n) is 7.54. The lowest BCUT2D eigenvalue weighted by molar-refractivity contribution is -0.137. The van der Waals surface area contributed by atoms with E-state index in [2.05, 4.69) is 41.4 Å². The number of halogens is 3. The number of rotatable bonds is 13.